The van der Waals surface area contributed by atoms with Crippen LogP contribution in [0.4, 0.5) is 5.69 Å². The molecular weight excluding hydrogens is 501 g/mol. The average Bonchev–Trinajstić information content (AvgIpc) is 2.75. The standard InChI is InChI=1S/C23H29Cl2N3O5S/c1-6-26-23(30)16(3)27(13-17-8-9-18(24)12-19(17)25)22(29)14-28(34(5,31)32)20-11-15(2)7-10-21(20)33-4/h7-12,16H,6,13-14H2,1-5H3,(H,26,30)/t16-/m1/s1. The van der Waals surface area contributed by atoms with Crippen LogP contribution in [-0.4, -0.2) is 57.6 Å². The molecule has 2 amide bonds. The second-order valence-electron chi connectivity index (χ2n) is 7.77. The topological polar surface area (TPSA) is 96.0 Å². The zero-order valence-corrected chi connectivity index (χ0v) is 22.1. The monoisotopic (exact) mass is 529 g/mol. The number of anilines is 1. The highest BCUT2D eigenvalue weighted by atomic mass is 35.5. The minimum Gasteiger partial charge on any atom is -0.495 e. The third kappa shape index (κ3) is 7.01. The van der Waals surface area contributed by atoms with Crippen molar-refractivity contribution >= 4 is 50.7 Å². The van der Waals surface area contributed by atoms with Crippen LogP contribution >= 0.6 is 23.2 Å². The molecule has 1 N–H and O–H groups in total. The molecule has 2 aromatic rings. The Hall–Kier alpha value is -2.49. The lowest BCUT2D eigenvalue weighted by atomic mass is 10.1. The molecule has 0 saturated carbocycles. The molecular formula is C23H29Cl2N3O5S. The number of benzene rings is 2. The van der Waals surface area contributed by atoms with Crippen molar-refractivity contribution in [2.45, 2.75) is 33.4 Å². The van der Waals surface area contributed by atoms with Gasteiger partial charge in [0.05, 0.1) is 19.1 Å². The molecule has 0 spiro atoms. The normalized spacial score (nSPS) is 12.1. The van der Waals surface area contributed by atoms with E-state index in [4.69, 9.17) is 27.9 Å². The lowest BCUT2D eigenvalue weighted by Gasteiger charge is -2.32. The molecule has 186 valence electrons. The van der Waals surface area contributed by atoms with E-state index in [1.807, 2.05) is 0 Å². The third-order valence-corrected chi connectivity index (χ3v) is 6.87. The minimum absolute atomic E-state index is 0.0182. The summed E-state index contributed by atoms with van der Waals surface area (Å²) in [7, 11) is -2.46. The molecule has 0 aliphatic rings. The smallest absolute Gasteiger partial charge is 0.244 e. The molecule has 0 aliphatic carbocycles. The van der Waals surface area contributed by atoms with E-state index >= 15 is 0 Å². The van der Waals surface area contributed by atoms with Crippen LogP contribution in [-0.2, 0) is 26.2 Å². The number of methoxy groups -OCH3 is 1. The maximum Gasteiger partial charge on any atom is 0.244 e. The van der Waals surface area contributed by atoms with E-state index in [0.29, 0.717) is 27.9 Å². The summed E-state index contributed by atoms with van der Waals surface area (Å²) in [6.07, 6.45) is 1.01. The lowest BCUT2D eigenvalue weighted by molar-refractivity contribution is -0.139. The summed E-state index contributed by atoms with van der Waals surface area (Å²) in [5, 5.41) is 3.45. The van der Waals surface area contributed by atoms with Crippen molar-refractivity contribution in [1.29, 1.82) is 0 Å². The van der Waals surface area contributed by atoms with E-state index < -0.39 is 28.5 Å². The number of halogens is 2. The summed E-state index contributed by atoms with van der Waals surface area (Å²) in [4.78, 5) is 27.4. The van der Waals surface area contributed by atoms with E-state index in [2.05, 4.69) is 5.32 Å². The fraction of sp³-hybridized carbons (Fsp3) is 0.391. The summed E-state index contributed by atoms with van der Waals surface area (Å²) in [5.74, 6) is -0.661. The van der Waals surface area contributed by atoms with Gasteiger partial charge in [-0.05, 0) is 56.2 Å². The van der Waals surface area contributed by atoms with Gasteiger partial charge in [0, 0.05) is 23.1 Å². The molecule has 1 atom stereocenters. The first-order chi connectivity index (χ1) is 15.9. The van der Waals surface area contributed by atoms with E-state index in [-0.39, 0.29) is 18.1 Å². The largest absolute Gasteiger partial charge is 0.495 e. The molecule has 2 aromatic carbocycles. The van der Waals surface area contributed by atoms with E-state index in [1.165, 1.54) is 18.1 Å². The first-order valence-corrected chi connectivity index (χ1v) is 13.1. The Balaban J connectivity index is 2.49. The van der Waals surface area contributed by atoms with Crippen molar-refractivity contribution in [2.75, 3.05) is 30.8 Å². The molecule has 8 nitrogen and oxygen atoms in total. The molecule has 0 heterocycles. The fourth-order valence-corrected chi connectivity index (χ4v) is 4.64. The molecule has 2 rings (SSSR count). The number of hydrogen-bond donors (Lipinski definition) is 1. The Morgan fingerprint density at radius 1 is 1.15 bits per heavy atom. The molecule has 0 bridgehead atoms. The van der Waals surface area contributed by atoms with Gasteiger partial charge in [-0.2, -0.15) is 0 Å². The number of rotatable bonds is 10. The third-order valence-electron chi connectivity index (χ3n) is 5.16. The quantitative estimate of drug-likeness (QED) is 0.506. The summed E-state index contributed by atoms with van der Waals surface area (Å²) < 4.78 is 31.7. The number of hydrogen-bond acceptors (Lipinski definition) is 5. The van der Waals surface area contributed by atoms with E-state index in [1.54, 1.807) is 51.1 Å². The average molecular weight is 530 g/mol. The minimum atomic E-state index is -3.88. The summed E-state index contributed by atoms with van der Waals surface area (Å²) >= 11 is 12.3. The number of carbonyl (C=O) groups excluding carboxylic acids is 2. The van der Waals surface area contributed by atoms with Gasteiger partial charge < -0.3 is 15.0 Å². The van der Waals surface area contributed by atoms with Crippen LogP contribution in [0.5, 0.6) is 5.75 Å². The maximum absolute atomic E-state index is 13.5. The van der Waals surface area contributed by atoms with Gasteiger partial charge in [0.1, 0.15) is 18.3 Å². The molecule has 34 heavy (non-hydrogen) atoms. The van der Waals surface area contributed by atoms with Gasteiger partial charge in [0.25, 0.3) is 0 Å². The van der Waals surface area contributed by atoms with Gasteiger partial charge >= 0.3 is 0 Å². The van der Waals surface area contributed by atoms with Crippen molar-refractivity contribution in [1.82, 2.24) is 10.2 Å². The van der Waals surface area contributed by atoms with Crippen molar-refractivity contribution < 1.29 is 22.7 Å². The van der Waals surface area contributed by atoms with Crippen molar-refractivity contribution in [3.63, 3.8) is 0 Å². The number of nitrogens with zero attached hydrogens (tertiary/aromatic N) is 2. The second-order valence-corrected chi connectivity index (χ2v) is 10.5. The molecule has 0 aromatic heterocycles. The SMILES string of the molecule is CCNC(=O)[C@@H](C)N(Cc1ccc(Cl)cc1Cl)C(=O)CN(c1cc(C)ccc1OC)S(C)(=O)=O. The van der Waals surface area contributed by atoms with E-state index in [0.717, 1.165) is 16.1 Å². The molecule has 0 unspecified atom stereocenters. The Morgan fingerprint density at radius 2 is 1.82 bits per heavy atom. The zero-order valence-electron chi connectivity index (χ0n) is 19.8. The van der Waals surface area contributed by atoms with Gasteiger partial charge in [-0.25, -0.2) is 8.42 Å². The first kappa shape index (κ1) is 27.8. The van der Waals surface area contributed by atoms with Crippen molar-refractivity contribution in [3.05, 3.63) is 57.6 Å². The predicted molar refractivity (Wildman–Crippen MR) is 135 cm³/mol. The van der Waals surface area contributed by atoms with E-state index in [9.17, 15) is 18.0 Å². The second kappa shape index (κ2) is 11.8. The molecule has 0 saturated heterocycles. The highest BCUT2D eigenvalue weighted by Crippen LogP contribution is 2.31. The van der Waals surface area contributed by atoms with Crippen LogP contribution in [0, 0.1) is 6.92 Å². The van der Waals surface area contributed by atoms with Gasteiger partial charge in [-0.3, -0.25) is 13.9 Å². The van der Waals surface area contributed by atoms with Gasteiger partial charge in [-0.1, -0.05) is 35.3 Å². The van der Waals surface area contributed by atoms with Crippen LogP contribution < -0.4 is 14.4 Å². The number of sulfonamides is 1. The number of nitrogens with one attached hydrogen (secondary N) is 1. The van der Waals surface area contributed by atoms with Gasteiger partial charge in [-0.15, -0.1) is 0 Å². The number of amides is 2. The molecule has 11 heteroatoms. The van der Waals surface area contributed by atoms with Crippen LogP contribution in [0.1, 0.15) is 25.0 Å². The molecule has 0 fully saturated rings. The van der Waals surface area contributed by atoms with Crippen LogP contribution in [0.3, 0.4) is 0 Å². The predicted octanol–water partition coefficient (Wildman–Crippen LogP) is 3.63. The Kier molecular flexibility index (Phi) is 9.61. The number of ether oxygens (including phenoxy) is 1. The Bertz CT molecular complexity index is 1160. The highest BCUT2D eigenvalue weighted by Gasteiger charge is 2.31. The summed E-state index contributed by atoms with van der Waals surface area (Å²) in [5.41, 5.74) is 1.58. The number of aryl methyl sites for hydroxylation is 1. The van der Waals surface area contributed by atoms with Crippen molar-refractivity contribution in [2.24, 2.45) is 0 Å². The van der Waals surface area contributed by atoms with Crippen LogP contribution in [0.2, 0.25) is 10.0 Å². The summed E-state index contributed by atoms with van der Waals surface area (Å²) in [6.45, 7) is 4.97. The van der Waals surface area contributed by atoms with Crippen LogP contribution in [0.15, 0.2) is 36.4 Å². The molecule has 0 radical (unpaired) electrons. The Morgan fingerprint density at radius 3 is 2.38 bits per heavy atom. The maximum atomic E-state index is 13.5. The number of carbonyl (C=O) groups is 2. The van der Waals surface area contributed by atoms with Crippen molar-refractivity contribution in [3.8, 4) is 5.75 Å². The highest BCUT2D eigenvalue weighted by molar-refractivity contribution is 7.92. The van der Waals surface area contributed by atoms with Gasteiger partial charge in [0.15, 0.2) is 0 Å². The Labute approximate surface area is 210 Å². The lowest BCUT2D eigenvalue weighted by Crippen LogP contribution is -2.51. The first-order valence-electron chi connectivity index (χ1n) is 10.5. The summed E-state index contributed by atoms with van der Waals surface area (Å²) in [6, 6.07) is 8.97. The van der Waals surface area contributed by atoms with Crippen LogP contribution in [0.25, 0.3) is 0 Å². The van der Waals surface area contributed by atoms with Gasteiger partial charge in [0.2, 0.25) is 21.8 Å². The fourth-order valence-electron chi connectivity index (χ4n) is 3.33. The zero-order chi connectivity index (χ0) is 25.6. The number of likely N-dealkylation sites (N-methyl/N-ethyl adjacent to an activating group) is 1. The molecule has 0 aliphatic heterocycles.